The van der Waals surface area contributed by atoms with E-state index in [0.29, 0.717) is 30.5 Å². The zero-order valence-electron chi connectivity index (χ0n) is 23.6. The van der Waals surface area contributed by atoms with E-state index in [9.17, 15) is 44.4 Å². The molecule has 0 bridgehead atoms. The number of phenols is 2. The van der Waals surface area contributed by atoms with Crippen molar-refractivity contribution in [3.8, 4) is 11.5 Å². The summed E-state index contributed by atoms with van der Waals surface area (Å²) in [6, 6.07) is 6.78. The highest BCUT2D eigenvalue weighted by Crippen LogP contribution is 2.13. The number of hydrogen-bond donors (Lipinski definition) is 9. The number of phenolic OH excluding ortho intramolecular Hbond substituents is 2. The van der Waals surface area contributed by atoms with E-state index in [1.165, 1.54) is 36.4 Å². The molecule has 2 aromatic rings. The third-order valence-electron chi connectivity index (χ3n) is 6.58. The lowest BCUT2D eigenvalue weighted by molar-refractivity contribution is -0.142. The molecular formula is C29H39N5O9. The lowest BCUT2D eigenvalue weighted by Crippen LogP contribution is -2.57. The molecule has 0 fully saturated rings. The molecule has 2 aromatic carbocycles. The fourth-order valence-electron chi connectivity index (χ4n) is 4.17. The predicted octanol–water partition coefficient (Wildman–Crippen LogP) is -0.257. The average Bonchev–Trinajstić information content (AvgIpc) is 2.96. The molecule has 43 heavy (non-hydrogen) atoms. The normalized spacial score (nSPS) is 13.6. The Hall–Kier alpha value is -4.69. The molecule has 0 saturated heterocycles. The summed E-state index contributed by atoms with van der Waals surface area (Å²) in [5.41, 5.74) is 12.7. The van der Waals surface area contributed by atoms with Gasteiger partial charge in [0, 0.05) is 12.8 Å². The first-order valence-electron chi connectivity index (χ1n) is 13.8. The molecule has 4 atom stereocenters. The van der Waals surface area contributed by atoms with Crippen LogP contribution in [0.4, 0.5) is 0 Å². The largest absolute Gasteiger partial charge is 0.508 e. The number of nitrogens with one attached hydrogen (secondary N) is 3. The van der Waals surface area contributed by atoms with E-state index in [-0.39, 0.29) is 37.2 Å². The fraction of sp³-hybridized carbons (Fsp3) is 0.414. The number of aromatic hydroxyl groups is 2. The molecule has 0 aliphatic heterocycles. The molecule has 11 N–H and O–H groups in total. The van der Waals surface area contributed by atoms with Gasteiger partial charge in [0.2, 0.25) is 17.7 Å². The molecule has 0 spiro atoms. The molecular weight excluding hydrogens is 562 g/mol. The van der Waals surface area contributed by atoms with Crippen LogP contribution in [0.15, 0.2) is 48.5 Å². The number of unbranched alkanes of at least 4 members (excludes halogenated alkanes) is 1. The summed E-state index contributed by atoms with van der Waals surface area (Å²) in [6.07, 6.45) is 0.232. The second-order valence-electron chi connectivity index (χ2n) is 10.1. The molecule has 2 rings (SSSR count). The summed E-state index contributed by atoms with van der Waals surface area (Å²) < 4.78 is 0. The highest BCUT2D eigenvalue weighted by atomic mass is 16.4. The van der Waals surface area contributed by atoms with Crippen LogP contribution in [-0.2, 0) is 36.8 Å². The van der Waals surface area contributed by atoms with Crippen LogP contribution in [0.1, 0.15) is 43.2 Å². The van der Waals surface area contributed by atoms with Crippen molar-refractivity contribution >= 4 is 29.7 Å². The average molecular weight is 602 g/mol. The maximum atomic E-state index is 13.3. The summed E-state index contributed by atoms with van der Waals surface area (Å²) in [6.45, 7) is 0.317. The summed E-state index contributed by atoms with van der Waals surface area (Å²) in [7, 11) is 0. The fourth-order valence-corrected chi connectivity index (χ4v) is 4.17. The van der Waals surface area contributed by atoms with Gasteiger partial charge in [-0.05, 0) is 74.0 Å². The van der Waals surface area contributed by atoms with Gasteiger partial charge < -0.3 is 47.8 Å². The summed E-state index contributed by atoms with van der Waals surface area (Å²) >= 11 is 0. The topological polar surface area (TPSA) is 254 Å². The van der Waals surface area contributed by atoms with Crippen LogP contribution in [0.2, 0.25) is 0 Å². The van der Waals surface area contributed by atoms with E-state index < -0.39 is 60.2 Å². The number of carboxylic acids is 2. The first-order valence-corrected chi connectivity index (χ1v) is 13.8. The number of amides is 3. The number of nitrogens with two attached hydrogens (primary N) is 2. The number of carbonyl (C=O) groups excluding carboxylic acids is 3. The lowest BCUT2D eigenvalue weighted by Gasteiger charge is -2.25. The minimum atomic E-state index is -1.36. The molecule has 0 heterocycles. The van der Waals surface area contributed by atoms with Gasteiger partial charge in [0.05, 0.1) is 6.04 Å². The van der Waals surface area contributed by atoms with Crippen LogP contribution in [0.5, 0.6) is 11.5 Å². The Morgan fingerprint density at radius 2 is 1.12 bits per heavy atom. The molecule has 0 aliphatic rings. The van der Waals surface area contributed by atoms with Crippen molar-refractivity contribution in [3.05, 3.63) is 59.7 Å². The third kappa shape index (κ3) is 12.4. The van der Waals surface area contributed by atoms with E-state index in [4.69, 9.17) is 11.5 Å². The van der Waals surface area contributed by atoms with Crippen LogP contribution in [0.25, 0.3) is 0 Å². The van der Waals surface area contributed by atoms with Crippen molar-refractivity contribution in [1.29, 1.82) is 0 Å². The van der Waals surface area contributed by atoms with Crippen molar-refractivity contribution in [2.45, 2.75) is 69.1 Å². The Kier molecular flexibility index (Phi) is 13.9. The monoisotopic (exact) mass is 601 g/mol. The Morgan fingerprint density at radius 1 is 0.651 bits per heavy atom. The molecule has 14 nitrogen and oxygen atoms in total. The van der Waals surface area contributed by atoms with Crippen molar-refractivity contribution in [3.63, 3.8) is 0 Å². The van der Waals surface area contributed by atoms with Gasteiger partial charge in [0.25, 0.3) is 0 Å². The van der Waals surface area contributed by atoms with Crippen molar-refractivity contribution < 1.29 is 44.4 Å². The predicted molar refractivity (Wildman–Crippen MR) is 155 cm³/mol. The van der Waals surface area contributed by atoms with Crippen molar-refractivity contribution in [1.82, 2.24) is 16.0 Å². The van der Waals surface area contributed by atoms with Gasteiger partial charge in [-0.1, -0.05) is 24.3 Å². The van der Waals surface area contributed by atoms with Gasteiger partial charge in [-0.2, -0.15) is 0 Å². The van der Waals surface area contributed by atoms with Crippen molar-refractivity contribution in [2.24, 2.45) is 11.5 Å². The van der Waals surface area contributed by atoms with Gasteiger partial charge in [0.1, 0.15) is 29.6 Å². The van der Waals surface area contributed by atoms with Crippen LogP contribution in [-0.4, -0.2) is 80.8 Å². The first-order chi connectivity index (χ1) is 20.4. The summed E-state index contributed by atoms with van der Waals surface area (Å²) in [4.78, 5) is 62.4. The van der Waals surface area contributed by atoms with E-state index in [2.05, 4.69) is 16.0 Å². The maximum absolute atomic E-state index is 13.3. The van der Waals surface area contributed by atoms with Gasteiger partial charge in [-0.25, -0.2) is 4.79 Å². The molecule has 0 radical (unpaired) electrons. The second-order valence-corrected chi connectivity index (χ2v) is 10.1. The molecule has 0 aliphatic carbocycles. The molecule has 234 valence electrons. The number of hydrogen-bond acceptors (Lipinski definition) is 9. The van der Waals surface area contributed by atoms with E-state index >= 15 is 0 Å². The second kappa shape index (κ2) is 17.3. The lowest BCUT2D eigenvalue weighted by atomic mass is 10.0. The Balaban J connectivity index is 2.16. The minimum absolute atomic E-state index is 0.00630. The highest BCUT2D eigenvalue weighted by molar-refractivity contribution is 5.94. The van der Waals surface area contributed by atoms with Crippen LogP contribution in [0, 0.1) is 0 Å². The number of benzene rings is 2. The zero-order chi connectivity index (χ0) is 31.9. The number of aliphatic carboxylic acids is 2. The first kappa shape index (κ1) is 34.5. The third-order valence-corrected chi connectivity index (χ3v) is 6.58. The van der Waals surface area contributed by atoms with Crippen molar-refractivity contribution in [2.75, 3.05) is 6.54 Å². The zero-order valence-corrected chi connectivity index (χ0v) is 23.6. The van der Waals surface area contributed by atoms with Crippen LogP contribution < -0.4 is 27.4 Å². The molecule has 3 amide bonds. The maximum Gasteiger partial charge on any atom is 0.326 e. The van der Waals surface area contributed by atoms with E-state index in [0.717, 1.165) is 0 Å². The van der Waals surface area contributed by atoms with E-state index in [1.807, 2.05) is 0 Å². The standard InChI is InChI=1S/C29H39N5O9/c30-14-2-1-3-22(27(40)34-24(29(42)43)16-18-6-10-20(36)11-7-18)33-28(41)23(12-13-25(37)38)32-26(39)21(31)15-17-4-8-19(35)9-5-17/h4-11,21-24,35-36H,1-3,12-16,30-31H2,(H,32,39)(H,33,41)(H,34,40)(H,37,38)(H,42,43). The SMILES string of the molecule is NCCCCC(NC(=O)C(CCC(=O)O)NC(=O)C(N)Cc1ccc(O)cc1)C(=O)NC(Cc1ccc(O)cc1)C(=O)O. The minimum Gasteiger partial charge on any atom is -0.508 e. The van der Waals surface area contributed by atoms with Gasteiger partial charge in [0.15, 0.2) is 0 Å². The number of carbonyl (C=O) groups is 5. The van der Waals surface area contributed by atoms with Gasteiger partial charge in [-0.3, -0.25) is 19.2 Å². The Morgan fingerprint density at radius 3 is 1.60 bits per heavy atom. The number of rotatable bonds is 18. The van der Waals surface area contributed by atoms with Crippen LogP contribution in [0.3, 0.4) is 0 Å². The summed E-state index contributed by atoms with van der Waals surface area (Å²) in [5, 5.41) is 45.2. The highest BCUT2D eigenvalue weighted by Gasteiger charge is 2.30. The van der Waals surface area contributed by atoms with Gasteiger partial charge >= 0.3 is 11.9 Å². The van der Waals surface area contributed by atoms with Gasteiger partial charge in [-0.15, -0.1) is 0 Å². The Bertz CT molecular complexity index is 1240. The summed E-state index contributed by atoms with van der Waals surface area (Å²) in [5.74, 6) is -4.87. The van der Waals surface area contributed by atoms with E-state index in [1.54, 1.807) is 12.1 Å². The quantitative estimate of drug-likeness (QED) is 0.101. The Labute approximate surface area is 248 Å². The smallest absolute Gasteiger partial charge is 0.326 e. The molecule has 4 unspecified atom stereocenters. The molecule has 0 aromatic heterocycles. The van der Waals surface area contributed by atoms with Crippen LogP contribution >= 0.6 is 0 Å². The number of carboxylic acid groups (broad SMARTS) is 2. The molecule has 0 saturated carbocycles. The molecule has 14 heteroatoms.